The standard InChI is InChI=1S/C12H18O3/c1-3-4-5-6-9-10(12(14)15-2)7-8-11(9)13/h4-5,9-10H,3,6-8H2,1-2H3/b5-4-/t9-,10+/m0/s1. The maximum Gasteiger partial charge on any atom is 0.309 e. The number of ketones is 1. The number of methoxy groups -OCH3 is 1. The Hall–Kier alpha value is -1.12. The highest BCUT2D eigenvalue weighted by Crippen LogP contribution is 2.32. The molecule has 0 aromatic heterocycles. The smallest absolute Gasteiger partial charge is 0.309 e. The molecule has 0 bridgehead atoms. The lowest BCUT2D eigenvalue weighted by Crippen LogP contribution is -2.23. The van der Waals surface area contributed by atoms with Crippen molar-refractivity contribution in [1.82, 2.24) is 0 Å². The summed E-state index contributed by atoms with van der Waals surface area (Å²) in [6, 6.07) is 0. The van der Waals surface area contributed by atoms with E-state index in [1.165, 1.54) is 7.11 Å². The average Bonchev–Trinajstić information content (AvgIpc) is 2.60. The van der Waals surface area contributed by atoms with Crippen LogP contribution in [0.4, 0.5) is 0 Å². The maximum atomic E-state index is 11.6. The van der Waals surface area contributed by atoms with Crippen molar-refractivity contribution in [1.29, 1.82) is 0 Å². The molecule has 1 saturated carbocycles. The van der Waals surface area contributed by atoms with Gasteiger partial charge < -0.3 is 4.74 Å². The summed E-state index contributed by atoms with van der Waals surface area (Å²) < 4.78 is 4.70. The largest absolute Gasteiger partial charge is 0.469 e. The van der Waals surface area contributed by atoms with Gasteiger partial charge in [-0.3, -0.25) is 9.59 Å². The van der Waals surface area contributed by atoms with Gasteiger partial charge >= 0.3 is 5.97 Å². The summed E-state index contributed by atoms with van der Waals surface area (Å²) >= 11 is 0. The van der Waals surface area contributed by atoms with Crippen LogP contribution in [0.2, 0.25) is 0 Å². The molecule has 0 N–H and O–H groups in total. The molecular formula is C12H18O3. The number of Topliss-reactive ketones (excluding diaryl/α,β-unsaturated/α-hetero) is 1. The third kappa shape index (κ3) is 2.91. The van der Waals surface area contributed by atoms with Crippen LogP contribution in [-0.2, 0) is 14.3 Å². The lowest BCUT2D eigenvalue weighted by Gasteiger charge is -2.13. The molecule has 0 aromatic rings. The van der Waals surface area contributed by atoms with Crippen LogP contribution in [0.3, 0.4) is 0 Å². The lowest BCUT2D eigenvalue weighted by molar-refractivity contribution is -0.147. The Kier molecular flexibility index (Phi) is 4.53. The van der Waals surface area contributed by atoms with Crippen LogP contribution in [0, 0.1) is 11.8 Å². The number of esters is 1. The molecule has 0 amide bonds. The van der Waals surface area contributed by atoms with E-state index in [1.54, 1.807) is 0 Å². The fraction of sp³-hybridized carbons (Fsp3) is 0.667. The SMILES string of the molecule is CC/C=C\C[C@@H]1C(=O)CC[C@H]1C(=O)OC. The van der Waals surface area contributed by atoms with Gasteiger partial charge in [0, 0.05) is 12.3 Å². The summed E-state index contributed by atoms with van der Waals surface area (Å²) in [5, 5.41) is 0. The molecule has 1 rings (SSSR count). The van der Waals surface area contributed by atoms with Crippen molar-refractivity contribution >= 4 is 11.8 Å². The van der Waals surface area contributed by atoms with Crippen molar-refractivity contribution in [3.63, 3.8) is 0 Å². The maximum absolute atomic E-state index is 11.6. The first-order chi connectivity index (χ1) is 7.20. The molecule has 0 aromatic carbocycles. The van der Waals surface area contributed by atoms with E-state index in [2.05, 4.69) is 0 Å². The Balaban J connectivity index is 2.60. The van der Waals surface area contributed by atoms with Crippen molar-refractivity contribution in [3.8, 4) is 0 Å². The minimum Gasteiger partial charge on any atom is -0.469 e. The first-order valence-electron chi connectivity index (χ1n) is 5.46. The summed E-state index contributed by atoms with van der Waals surface area (Å²) in [6.07, 6.45) is 6.82. The lowest BCUT2D eigenvalue weighted by atomic mass is 9.92. The van der Waals surface area contributed by atoms with E-state index >= 15 is 0 Å². The molecule has 84 valence electrons. The van der Waals surface area contributed by atoms with Gasteiger partial charge in [-0.1, -0.05) is 19.1 Å². The van der Waals surface area contributed by atoms with E-state index in [1.807, 2.05) is 19.1 Å². The molecule has 0 saturated heterocycles. The second kappa shape index (κ2) is 5.69. The van der Waals surface area contributed by atoms with Crippen molar-refractivity contribution in [2.75, 3.05) is 7.11 Å². The average molecular weight is 210 g/mol. The van der Waals surface area contributed by atoms with E-state index in [-0.39, 0.29) is 23.6 Å². The zero-order valence-corrected chi connectivity index (χ0v) is 9.36. The fourth-order valence-electron chi connectivity index (χ4n) is 2.05. The molecule has 1 aliphatic rings. The summed E-state index contributed by atoms with van der Waals surface area (Å²) in [5.74, 6) is -0.411. The van der Waals surface area contributed by atoms with Gasteiger partial charge in [0.2, 0.25) is 0 Å². The number of carbonyl (C=O) groups is 2. The zero-order chi connectivity index (χ0) is 11.3. The predicted molar refractivity (Wildman–Crippen MR) is 57.3 cm³/mol. The zero-order valence-electron chi connectivity index (χ0n) is 9.36. The Bertz CT molecular complexity index is 268. The van der Waals surface area contributed by atoms with Gasteiger partial charge in [-0.05, 0) is 19.3 Å². The first-order valence-corrected chi connectivity index (χ1v) is 5.46. The molecule has 0 spiro atoms. The van der Waals surface area contributed by atoms with Crippen LogP contribution in [0.15, 0.2) is 12.2 Å². The molecule has 0 aliphatic heterocycles. The Morgan fingerprint density at radius 2 is 2.27 bits per heavy atom. The highest BCUT2D eigenvalue weighted by molar-refractivity contribution is 5.90. The van der Waals surface area contributed by atoms with Gasteiger partial charge in [0.1, 0.15) is 5.78 Å². The van der Waals surface area contributed by atoms with Crippen LogP contribution in [-0.4, -0.2) is 18.9 Å². The van der Waals surface area contributed by atoms with Crippen LogP contribution in [0.5, 0.6) is 0 Å². The van der Waals surface area contributed by atoms with Crippen molar-refractivity contribution < 1.29 is 14.3 Å². The molecule has 3 heteroatoms. The van der Waals surface area contributed by atoms with Crippen molar-refractivity contribution in [2.24, 2.45) is 11.8 Å². The summed E-state index contributed by atoms with van der Waals surface area (Å²) in [7, 11) is 1.38. The number of carbonyl (C=O) groups excluding carboxylic acids is 2. The molecule has 0 heterocycles. The van der Waals surface area contributed by atoms with E-state index in [9.17, 15) is 9.59 Å². The van der Waals surface area contributed by atoms with Gasteiger partial charge in [0.25, 0.3) is 0 Å². The van der Waals surface area contributed by atoms with Crippen molar-refractivity contribution in [2.45, 2.75) is 32.6 Å². The Labute approximate surface area is 90.5 Å². The van der Waals surface area contributed by atoms with Gasteiger partial charge in [-0.2, -0.15) is 0 Å². The second-order valence-electron chi connectivity index (χ2n) is 3.86. The highest BCUT2D eigenvalue weighted by atomic mass is 16.5. The Morgan fingerprint density at radius 3 is 2.87 bits per heavy atom. The number of hydrogen-bond acceptors (Lipinski definition) is 3. The van der Waals surface area contributed by atoms with Crippen LogP contribution >= 0.6 is 0 Å². The molecule has 0 radical (unpaired) electrons. The number of hydrogen-bond donors (Lipinski definition) is 0. The molecule has 3 nitrogen and oxygen atoms in total. The van der Waals surface area contributed by atoms with Crippen molar-refractivity contribution in [3.05, 3.63) is 12.2 Å². The predicted octanol–water partition coefficient (Wildman–Crippen LogP) is 2.11. The molecule has 1 aliphatic carbocycles. The first kappa shape index (κ1) is 12.0. The molecule has 2 atom stereocenters. The molecule has 0 unspecified atom stereocenters. The second-order valence-corrected chi connectivity index (χ2v) is 3.86. The van der Waals surface area contributed by atoms with Gasteiger partial charge in [-0.25, -0.2) is 0 Å². The minimum absolute atomic E-state index is 0.153. The minimum atomic E-state index is -0.240. The van der Waals surface area contributed by atoms with E-state index < -0.39 is 0 Å². The third-order valence-corrected chi connectivity index (χ3v) is 2.90. The normalized spacial score (nSPS) is 26.1. The molecule has 15 heavy (non-hydrogen) atoms. The van der Waals surface area contributed by atoms with Gasteiger partial charge in [-0.15, -0.1) is 0 Å². The Morgan fingerprint density at radius 1 is 1.53 bits per heavy atom. The quantitative estimate of drug-likeness (QED) is 0.527. The summed E-state index contributed by atoms with van der Waals surface area (Å²) in [6.45, 7) is 2.05. The molecular weight excluding hydrogens is 192 g/mol. The van der Waals surface area contributed by atoms with Crippen LogP contribution < -0.4 is 0 Å². The topological polar surface area (TPSA) is 43.4 Å². The van der Waals surface area contributed by atoms with Gasteiger partial charge in [0.15, 0.2) is 0 Å². The van der Waals surface area contributed by atoms with E-state index in [4.69, 9.17) is 4.74 Å². The summed E-state index contributed by atoms with van der Waals surface area (Å²) in [4.78, 5) is 23.0. The van der Waals surface area contributed by atoms with Crippen LogP contribution in [0.1, 0.15) is 32.6 Å². The van der Waals surface area contributed by atoms with Gasteiger partial charge in [0.05, 0.1) is 13.0 Å². The monoisotopic (exact) mass is 210 g/mol. The van der Waals surface area contributed by atoms with E-state index in [0.717, 1.165) is 6.42 Å². The highest BCUT2D eigenvalue weighted by Gasteiger charge is 2.38. The van der Waals surface area contributed by atoms with E-state index in [0.29, 0.717) is 19.3 Å². The molecule has 1 fully saturated rings. The third-order valence-electron chi connectivity index (χ3n) is 2.90. The van der Waals surface area contributed by atoms with Crippen LogP contribution in [0.25, 0.3) is 0 Å². The fourth-order valence-corrected chi connectivity index (χ4v) is 2.05. The number of rotatable bonds is 4. The summed E-state index contributed by atoms with van der Waals surface area (Å²) in [5.41, 5.74) is 0. The number of ether oxygens (including phenoxy) is 1. The number of allylic oxidation sites excluding steroid dienone is 2.